The van der Waals surface area contributed by atoms with E-state index in [9.17, 15) is 44.1 Å². The topological polar surface area (TPSA) is 217 Å². The number of carbonyl (C=O) groups is 6. The van der Waals surface area contributed by atoms with Crippen molar-refractivity contribution in [3.05, 3.63) is 11.6 Å². The number of carbonyl (C=O) groups excluding carboxylic acids is 5. The van der Waals surface area contributed by atoms with E-state index < -0.39 is 70.8 Å². The minimum atomic E-state index is -1.80. The summed E-state index contributed by atoms with van der Waals surface area (Å²) >= 11 is 0. The van der Waals surface area contributed by atoms with Crippen LogP contribution in [0, 0.1) is 39.9 Å². The van der Waals surface area contributed by atoms with Gasteiger partial charge in [-0.2, -0.15) is 0 Å². The second kappa shape index (κ2) is 14.2. The highest BCUT2D eigenvalue weighted by Gasteiger charge is 2.68. The maximum Gasteiger partial charge on any atom is 0.333 e. The van der Waals surface area contributed by atoms with Crippen molar-refractivity contribution in [2.45, 2.75) is 123 Å². The molecular weight excluding hydrogens is 636 g/mol. The highest BCUT2D eigenvalue weighted by atomic mass is 16.5. The van der Waals surface area contributed by atoms with E-state index in [1.807, 2.05) is 6.92 Å². The summed E-state index contributed by atoms with van der Waals surface area (Å²) < 4.78 is 5.22. The van der Waals surface area contributed by atoms with Gasteiger partial charge in [-0.3, -0.25) is 24.0 Å². The predicted molar refractivity (Wildman–Crippen MR) is 175 cm³/mol. The van der Waals surface area contributed by atoms with Crippen molar-refractivity contribution < 1.29 is 53.9 Å². The van der Waals surface area contributed by atoms with Gasteiger partial charge in [0.1, 0.15) is 11.6 Å². The van der Waals surface area contributed by atoms with E-state index in [1.165, 1.54) is 13.8 Å². The van der Waals surface area contributed by atoms with Crippen molar-refractivity contribution in [2.24, 2.45) is 39.9 Å². The van der Waals surface area contributed by atoms with Gasteiger partial charge in [-0.05, 0) is 73.7 Å². The van der Waals surface area contributed by atoms with Gasteiger partial charge in [-0.25, -0.2) is 4.79 Å². The first kappa shape index (κ1) is 38.6. The molecule has 0 bridgehead atoms. The molecule has 0 spiro atoms. The molecule has 0 aromatic rings. The number of Topliss-reactive ketones (excluding diaryl/α,β-unsaturated/α-hetero) is 1. The van der Waals surface area contributed by atoms with Crippen molar-refractivity contribution in [1.29, 1.82) is 0 Å². The van der Waals surface area contributed by atoms with Gasteiger partial charge in [0.05, 0.1) is 12.5 Å². The van der Waals surface area contributed by atoms with Crippen LogP contribution in [0.4, 0.5) is 0 Å². The SMILES string of the molecule is CC(C)[C@H](NC(=O)CCC(=O)OCC(=O)[C@@]1(O)CC[C@H]2[C@@H]3CCC4=CC(=O)CC[C@]4(C)[C@H]3[C@@H](O)C[C@@]21C)C(=O)NCC(C)(C)[C@@H](O)C(=O)O. The van der Waals surface area contributed by atoms with Crippen molar-refractivity contribution in [3.63, 3.8) is 0 Å². The van der Waals surface area contributed by atoms with Gasteiger partial charge in [0, 0.05) is 30.2 Å². The molecule has 0 aromatic carbocycles. The smallest absolute Gasteiger partial charge is 0.333 e. The summed E-state index contributed by atoms with van der Waals surface area (Å²) in [5.41, 5.74) is -3.10. The van der Waals surface area contributed by atoms with Crippen LogP contribution in [-0.2, 0) is 33.5 Å². The summed E-state index contributed by atoms with van der Waals surface area (Å²) in [6.07, 6.45) is 2.21. The highest BCUT2D eigenvalue weighted by molar-refractivity contribution is 5.93. The average molecular weight is 691 g/mol. The standard InChI is InChI=1S/C36H54N2O11/c1-19(2)29(31(45)37-18-33(3,4)30(44)32(46)47)38-26(42)9-10-27(43)49-17-25(41)36(48)14-12-23-22-8-7-20-15-21(39)11-13-34(20,5)28(22)24(40)16-35(23,36)6/h15,19,22-24,28-30,40,44,48H,7-14,16-18H2,1-6H3,(H,37,45)(H,38,42)(H,46,47)/t22-,23-,24-,28+,29-,30-,34-,35-,36-/m0/s1. The predicted octanol–water partition coefficient (Wildman–Crippen LogP) is 1.84. The maximum atomic E-state index is 13.5. The molecule has 0 aliphatic heterocycles. The fourth-order valence-electron chi connectivity index (χ4n) is 9.34. The van der Waals surface area contributed by atoms with E-state index in [4.69, 9.17) is 9.84 Å². The van der Waals surface area contributed by atoms with E-state index in [0.717, 1.165) is 18.4 Å². The summed E-state index contributed by atoms with van der Waals surface area (Å²) in [5.74, 6) is -4.32. The molecule has 4 aliphatic rings. The zero-order valence-corrected chi connectivity index (χ0v) is 29.5. The van der Waals surface area contributed by atoms with E-state index in [2.05, 4.69) is 17.6 Å². The molecule has 6 N–H and O–H groups in total. The molecule has 0 unspecified atom stereocenters. The first-order valence-corrected chi connectivity index (χ1v) is 17.5. The number of allylic oxidation sites excluding steroid dienone is 1. The average Bonchev–Trinajstić information content (AvgIpc) is 3.30. The Morgan fingerprint density at radius 2 is 1.73 bits per heavy atom. The lowest BCUT2D eigenvalue weighted by atomic mass is 9.45. The van der Waals surface area contributed by atoms with Gasteiger partial charge in [0.15, 0.2) is 18.5 Å². The first-order valence-electron chi connectivity index (χ1n) is 17.5. The molecule has 274 valence electrons. The third kappa shape index (κ3) is 7.35. The number of hydrogen-bond donors (Lipinski definition) is 6. The molecule has 0 heterocycles. The van der Waals surface area contributed by atoms with Crippen molar-refractivity contribution >= 4 is 35.3 Å². The van der Waals surface area contributed by atoms with Gasteiger partial charge in [0.2, 0.25) is 17.6 Å². The summed E-state index contributed by atoms with van der Waals surface area (Å²) in [5, 5.41) is 47.6. The lowest BCUT2D eigenvalue weighted by Gasteiger charge is -2.60. The number of carboxylic acid groups (broad SMARTS) is 1. The first-order chi connectivity index (χ1) is 22.7. The fraction of sp³-hybridized carbons (Fsp3) is 0.778. The Morgan fingerprint density at radius 3 is 2.37 bits per heavy atom. The number of carboxylic acids is 1. The summed E-state index contributed by atoms with van der Waals surface area (Å²) in [7, 11) is 0. The quantitative estimate of drug-likeness (QED) is 0.153. The normalized spacial score (nSPS) is 33.7. The van der Waals surface area contributed by atoms with Crippen molar-refractivity contribution in [2.75, 3.05) is 13.2 Å². The minimum absolute atomic E-state index is 0.0235. The van der Waals surface area contributed by atoms with Crippen LogP contribution < -0.4 is 10.6 Å². The van der Waals surface area contributed by atoms with E-state index >= 15 is 0 Å². The van der Waals surface area contributed by atoms with Crippen LogP contribution in [0.25, 0.3) is 0 Å². The molecule has 2 amide bonds. The van der Waals surface area contributed by atoms with Crippen molar-refractivity contribution in [3.8, 4) is 0 Å². The van der Waals surface area contributed by atoms with Crippen LogP contribution >= 0.6 is 0 Å². The Balaban J connectivity index is 1.30. The Hall–Kier alpha value is -3.16. The largest absolute Gasteiger partial charge is 0.479 e. The number of ether oxygens (including phenoxy) is 1. The fourth-order valence-corrected chi connectivity index (χ4v) is 9.34. The van der Waals surface area contributed by atoms with Gasteiger partial charge in [-0.15, -0.1) is 0 Å². The van der Waals surface area contributed by atoms with Gasteiger partial charge in [0.25, 0.3) is 0 Å². The Morgan fingerprint density at radius 1 is 1.06 bits per heavy atom. The van der Waals surface area contributed by atoms with Crippen LogP contribution in [0.5, 0.6) is 0 Å². The van der Waals surface area contributed by atoms with Crippen LogP contribution in [0.3, 0.4) is 0 Å². The third-order valence-electron chi connectivity index (χ3n) is 12.4. The molecule has 13 nitrogen and oxygen atoms in total. The monoisotopic (exact) mass is 690 g/mol. The molecule has 9 atom stereocenters. The Labute approximate surface area is 287 Å². The van der Waals surface area contributed by atoms with Crippen LogP contribution in [0.15, 0.2) is 11.6 Å². The zero-order chi connectivity index (χ0) is 36.7. The number of hydrogen-bond acceptors (Lipinski definition) is 10. The zero-order valence-electron chi connectivity index (χ0n) is 29.5. The number of amides is 2. The number of aliphatic carboxylic acids is 1. The van der Waals surface area contributed by atoms with Crippen molar-refractivity contribution in [1.82, 2.24) is 10.6 Å². The van der Waals surface area contributed by atoms with Gasteiger partial charge < -0.3 is 35.8 Å². The second-order valence-electron chi connectivity index (χ2n) is 16.3. The summed E-state index contributed by atoms with van der Waals surface area (Å²) in [4.78, 5) is 74.9. The molecule has 49 heavy (non-hydrogen) atoms. The molecule has 0 saturated heterocycles. The molecular formula is C36H54N2O11. The maximum absolute atomic E-state index is 13.5. The van der Waals surface area contributed by atoms with Crippen LogP contribution in [-0.4, -0.2) is 92.7 Å². The second-order valence-corrected chi connectivity index (χ2v) is 16.3. The van der Waals surface area contributed by atoms with Crippen LogP contribution in [0.1, 0.15) is 99.3 Å². The number of nitrogens with one attached hydrogen (secondary N) is 2. The van der Waals surface area contributed by atoms with Gasteiger partial charge >= 0.3 is 11.9 Å². The summed E-state index contributed by atoms with van der Waals surface area (Å²) in [6.45, 7) is 9.51. The number of ketones is 2. The highest BCUT2D eigenvalue weighted by Crippen LogP contribution is 2.67. The minimum Gasteiger partial charge on any atom is -0.479 e. The number of esters is 1. The molecule has 3 fully saturated rings. The lowest BCUT2D eigenvalue weighted by Crippen LogP contribution is -2.62. The molecule has 0 radical (unpaired) electrons. The van der Waals surface area contributed by atoms with E-state index in [-0.39, 0.29) is 67.1 Å². The third-order valence-corrected chi connectivity index (χ3v) is 12.4. The molecule has 13 heteroatoms. The molecule has 3 saturated carbocycles. The number of aliphatic hydroxyl groups is 3. The summed E-state index contributed by atoms with van der Waals surface area (Å²) in [6, 6.07) is -0.992. The number of aliphatic hydroxyl groups excluding tert-OH is 2. The number of rotatable bonds is 13. The van der Waals surface area contributed by atoms with Crippen LogP contribution in [0.2, 0.25) is 0 Å². The van der Waals surface area contributed by atoms with Gasteiger partial charge in [-0.1, -0.05) is 47.1 Å². The number of fused-ring (bicyclic) bond motifs is 5. The molecule has 4 aliphatic carbocycles. The Kier molecular flexibility index (Phi) is 11.2. The van der Waals surface area contributed by atoms with E-state index in [1.54, 1.807) is 19.9 Å². The molecule has 4 rings (SSSR count). The van der Waals surface area contributed by atoms with E-state index in [0.29, 0.717) is 19.3 Å². The lowest BCUT2D eigenvalue weighted by molar-refractivity contribution is -0.184. The Bertz CT molecular complexity index is 1390. The molecule has 0 aromatic heterocycles.